The van der Waals surface area contributed by atoms with E-state index in [-0.39, 0.29) is 29.2 Å². The Labute approximate surface area is 156 Å². The van der Waals surface area contributed by atoms with Crippen LogP contribution in [0.5, 0.6) is 5.75 Å². The van der Waals surface area contributed by atoms with Crippen molar-refractivity contribution < 1.29 is 17.6 Å². The molecule has 0 aliphatic carbocycles. The van der Waals surface area contributed by atoms with Gasteiger partial charge in [0.15, 0.2) is 5.58 Å². The van der Waals surface area contributed by atoms with Crippen molar-refractivity contribution in [3.8, 4) is 5.75 Å². The third-order valence-electron chi connectivity index (χ3n) is 4.63. The summed E-state index contributed by atoms with van der Waals surface area (Å²) in [6.07, 6.45) is 0.407. The molecule has 1 aliphatic heterocycles. The topological polar surface area (TPSA) is 90.5 Å². The Bertz CT molecular complexity index is 1140. The van der Waals surface area contributed by atoms with Crippen LogP contribution in [0.25, 0.3) is 11.1 Å². The Morgan fingerprint density at radius 2 is 2.00 bits per heavy atom. The Hall–Kier alpha value is -2.58. The number of rotatable bonds is 5. The van der Waals surface area contributed by atoms with Crippen LogP contribution in [0.3, 0.4) is 0 Å². The highest BCUT2D eigenvalue weighted by molar-refractivity contribution is 7.89. The molecule has 1 aromatic heterocycles. The molecule has 2 aromatic carbocycles. The number of nitrogens with zero attached hydrogens (tertiary/aromatic N) is 1. The van der Waals surface area contributed by atoms with Crippen LogP contribution >= 0.6 is 0 Å². The smallest absolute Gasteiger partial charge is 0.420 e. The molecule has 4 rings (SSSR count). The van der Waals surface area contributed by atoms with Gasteiger partial charge in [0.05, 0.1) is 10.4 Å². The number of para-hydroxylation sites is 1. The maximum absolute atomic E-state index is 12.6. The van der Waals surface area contributed by atoms with Crippen molar-refractivity contribution in [3.63, 3.8) is 0 Å². The van der Waals surface area contributed by atoms with E-state index in [1.54, 1.807) is 6.07 Å². The summed E-state index contributed by atoms with van der Waals surface area (Å²) in [5.41, 5.74) is 1.89. The molecule has 0 saturated carbocycles. The predicted molar refractivity (Wildman–Crippen MR) is 101 cm³/mol. The van der Waals surface area contributed by atoms with Gasteiger partial charge in [0.1, 0.15) is 11.9 Å². The van der Waals surface area contributed by atoms with Crippen molar-refractivity contribution in [3.05, 3.63) is 58.6 Å². The number of nitrogens with one attached hydrogen (secondary N) is 1. The zero-order valence-electron chi connectivity index (χ0n) is 15.0. The van der Waals surface area contributed by atoms with Gasteiger partial charge in [-0.25, -0.2) is 17.9 Å². The van der Waals surface area contributed by atoms with Gasteiger partial charge < -0.3 is 9.15 Å². The minimum absolute atomic E-state index is 0.0511. The maximum Gasteiger partial charge on any atom is 0.420 e. The van der Waals surface area contributed by atoms with Crippen molar-refractivity contribution in [2.45, 2.75) is 37.3 Å². The van der Waals surface area contributed by atoms with E-state index < -0.39 is 15.8 Å². The standard InChI is InChI=1S/C19H20N2O5S/c1-12(2)21-16-8-7-15(10-18(16)26-19(21)22)27(23,24)20-11-14-9-13-5-3-4-6-17(13)25-14/h3-8,10,12,14,20H,9,11H2,1-2H3/t14-/m1/s1. The Morgan fingerprint density at radius 1 is 1.22 bits per heavy atom. The van der Waals surface area contributed by atoms with Crippen LogP contribution in [0.2, 0.25) is 0 Å². The third kappa shape index (κ3) is 3.26. The molecule has 3 aromatic rings. The molecule has 8 heteroatoms. The van der Waals surface area contributed by atoms with Crippen LogP contribution in [0, 0.1) is 0 Å². The molecule has 142 valence electrons. The van der Waals surface area contributed by atoms with Crippen LogP contribution in [0.4, 0.5) is 0 Å². The molecular formula is C19H20N2O5S. The number of hydrogen-bond acceptors (Lipinski definition) is 5. The van der Waals surface area contributed by atoms with Gasteiger partial charge in [0.2, 0.25) is 10.0 Å². The minimum Gasteiger partial charge on any atom is -0.488 e. The molecule has 1 atom stereocenters. The fraction of sp³-hybridized carbons (Fsp3) is 0.316. The first-order chi connectivity index (χ1) is 12.8. The lowest BCUT2D eigenvalue weighted by Crippen LogP contribution is -2.34. The second-order valence-corrected chi connectivity index (χ2v) is 8.63. The third-order valence-corrected chi connectivity index (χ3v) is 6.05. The SMILES string of the molecule is CC(C)n1c(=O)oc2cc(S(=O)(=O)NC[C@H]3Cc4ccccc4O3)ccc21. The second-order valence-electron chi connectivity index (χ2n) is 6.86. The monoisotopic (exact) mass is 388 g/mol. The van der Waals surface area contributed by atoms with Crippen LogP contribution in [0.1, 0.15) is 25.5 Å². The van der Waals surface area contributed by atoms with E-state index in [1.165, 1.54) is 16.7 Å². The number of hydrogen-bond donors (Lipinski definition) is 1. The highest BCUT2D eigenvalue weighted by Gasteiger charge is 2.25. The summed E-state index contributed by atoms with van der Waals surface area (Å²) in [7, 11) is -3.75. The first-order valence-electron chi connectivity index (χ1n) is 8.74. The van der Waals surface area contributed by atoms with Crippen LogP contribution in [-0.2, 0) is 16.4 Å². The Kier molecular flexibility index (Phi) is 4.32. The van der Waals surface area contributed by atoms with E-state index in [0.29, 0.717) is 11.9 Å². The van der Waals surface area contributed by atoms with Crippen molar-refractivity contribution in [1.82, 2.24) is 9.29 Å². The molecule has 0 spiro atoms. The number of oxazole rings is 1. The normalized spacial score (nSPS) is 16.6. The second kappa shape index (κ2) is 6.54. The molecule has 1 N–H and O–H groups in total. The van der Waals surface area contributed by atoms with E-state index in [4.69, 9.17) is 9.15 Å². The summed E-state index contributed by atoms with van der Waals surface area (Å²) >= 11 is 0. The zero-order chi connectivity index (χ0) is 19.2. The molecule has 0 fully saturated rings. The van der Waals surface area contributed by atoms with Gasteiger partial charge in [-0.2, -0.15) is 0 Å². The highest BCUT2D eigenvalue weighted by atomic mass is 32.2. The summed E-state index contributed by atoms with van der Waals surface area (Å²) in [5.74, 6) is 0.291. The zero-order valence-corrected chi connectivity index (χ0v) is 15.8. The van der Waals surface area contributed by atoms with Crippen molar-refractivity contribution in [2.24, 2.45) is 0 Å². The number of aromatic nitrogens is 1. The van der Waals surface area contributed by atoms with E-state index in [0.717, 1.165) is 11.3 Å². The Balaban J connectivity index is 1.53. The Morgan fingerprint density at radius 3 is 2.74 bits per heavy atom. The molecule has 0 amide bonds. The van der Waals surface area contributed by atoms with Crippen LogP contribution < -0.4 is 15.2 Å². The first kappa shape index (κ1) is 17.8. The van der Waals surface area contributed by atoms with Gasteiger partial charge in [0, 0.05) is 25.1 Å². The summed E-state index contributed by atoms with van der Waals surface area (Å²) in [6, 6.07) is 12.0. The molecule has 27 heavy (non-hydrogen) atoms. The van der Waals surface area contributed by atoms with Crippen LogP contribution in [-0.4, -0.2) is 25.6 Å². The molecule has 2 heterocycles. The molecule has 0 unspecified atom stereocenters. The summed E-state index contributed by atoms with van der Waals surface area (Å²) in [6.45, 7) is 3.89. The molecule has 1 aliphatic rings. The average Bonchev–Trinajstić information content (AvgIpc) is 3.18. The van der Waals surface area contributed by atoms with E-state index in [1.807, 2.05) is 38.1 Å². The van der Waals surface area contributed by atoms with Gasteiger partial charge in [-0.05, 0) is 37.6 Å². The lowest BCUT2D eigenvalue weighted by Gasteiger charge is -2.12. The molecule has 0 saturated heterocycles. The van der Waals surface area contributed by atoms with E-state index in [9.17, 15) is 13.2 Å². The lowest BCUT2D eigenvalue weighted by molar-refractivity contribution is 0.236. The predicted octanol–water partition coefficient (Wildman–Crippen LogP) is 2.46. The number of sulfonamides is 1. The summed E-state index contributed by atoms with van der Waals surface area (Å²) in [4.78, 5) is 12.0. The number of benzene rings is 2. The quantitative estimate of drug-likeness (QED) is 0.725. The average molecular weight is 388 g/mol. The van der Waals surface area contributed by atoms with Gasteiger partial charge >= 0.3 is 5.76 Å². The van der Waals surface area contributed by atoms with Gasteiger partial charge in [-0.3, -0.25) is 4.57 Å². The van der Waals surface area contributed by atoms with Crippen molar-refractivity contribution in [1.29, 1.82) is 0 Å². The maximum atomic E-state index is 12.6. The molecular weight excluding hydrogens is 368 g/mol. The fourth-order valence-corrected chi connectivity index (χ4v) is 4.41. The van der Waals surface area contributed by atoms with Crippen molar-refractivity contribution >= 4 is 21.1 Å². The van der Waals surface area contributed by atoms with Gasteiger partial charge in [-0.15, -0.1) is 0 Å². The first-order valence-corrected chi connectivity index (χ1v) is 10.2. The van der Waals surface area contributed by atoms with E-state index >= 15 is 0 Å². The minimum atomic E-state index is -3.75. The highest BCUT2D eigenvalue weighted by Crippen LogP contribution is 2.28. The number of fused-ring (bicyclic) bond motifs is 2. The molecule has 7 nitrogen and oxygen atoms in total. The summed E-state index contributed by atoms with van der Waals surface area (Å²) in [5, 5.41) is 0. The van der Waals surface area contributed by atoms with Gasteiger partial charge in [0.25, 0.3) is 0 Å². The summed E-state index contributed by atoms with van der Waals surface area (Å²) < 4.78 is 40.3. The van der Waals surface area contributed by atoms with E-state index in [2.05, 4.69) is 4.72 Å². The van der Waals surface area contributed by atoms with Crippen LogP contribution in [0.15, 0.2) is 56.6 Å². The van der Waals surface area contributed by atoms with Crippen molar-refractivity contribution in [2.75, 3.05) is 6.54 Å². The fourth-order valence-electron chi connectivity index (χ4n) is 3.33. The lowest BCUT2D eigenvalue weighted by atomic mass is 10.1. The van der Waals surface area contributed by atoms with Gasteiger partial charge in [-0.1, -0.05) is 18.2 Å². The molecule has 0 radical (unpaired) electrons. The largest absolute Gasteiger partial charge is 0.488 e. The molecule has 0 bridgehead atoms. The number of ether oxygens (including phenoxy) is 1.